The first-order chi connectivity index (χ1) is 9.58. The highest BCUT2D eigenvalue weighted by Gasteiger charge is 2.28. The van der Waals surface area contributed by atoms with Crippen LogP contribution in [0.4, 0.5) is 5.82 Å². The van der Waals surface area contributed by atoms with Gasteiger partial charge in [-0.3, -0.25) is 0 Å². The van der Waals surface area contributed by atoms with Crippen LogP contribution in [-0.2, 0) is 4.74 Å². The summed E-state index contributed by atoms with van der Waals surface area (Å²) in [5.41, 5.74) is 0. The highest BCUT2D eigenvalue weighted by molar-refractivity contribution is 7.18. The number of hydrogen-bond donors (Lipinski definition) is 0. The van der Waals surface area contributed by atoms with Crippen molar-refractivity contribution in [1.82, 2.24) is 9.97 Å². The lowest BCUT2D eigenvalue weighted by Gasteiger charge is -2.39. The van der Waals surface area contributed by atoms with Gasteiger partial charge >= 0.3 is 0 Å². The lowest BCUT2D eigenvalue weighted by molar-refractivity contribution is 0.0297. The topological polar surface area (TPSA) is 38.2 Å². The molecule has 1 aliphatic heterocycles. The molecule has 2 unspecified atom stereocenters. The van der Waals surface area contributed by atoms with Crippen molar-refractivity contribution in [2.45, 2.75) is 39.3 Å². The van der Waals surface area contributed by atoms with Crippen molar-refractivity contribution in [3.05, 3.63) is 16.2 Å². The second-order valence-corrected chi connectivity index (χ2v) is 6.82. The molecule has 3 heterocycles. The second kappa shape index (κ2) is 5.47. The monoisotopic (exact) mass is 311 g/mol. The molecule has 3 rings (SSSR count). The van der Waals surface area contributed by atoms with E-state index in [0.717, 1.165) is 35.6 Å². The summed E-state index contributed by atoms with van der Waals surface area (Å²) in [5.74, 6) is 0.950. The lowest BCUT2D eigenvalue weighted by Crippen LogP contribution is -2.49. The summed E-state index contributed by atoms with van der Waals surface area (Å²) in [6.07, 6.45) is 1.24. The number of rotatable bonds is 2. The van der Waals surface area contributed by atoms with Crippen molar-refractivity contribution in [1.29, 1.82) is 0 Å². The number of nitrogens with zero attached hydrogens (tertiary/aromatic N) is 3. The predicted octanol–water partition coefficient (Wildman–Crippen LogP) is 3.66. The van der Waals surface area contributed by atoms with Gasteiger partial charge < -0.3 is 9.64 Å². The highest BCUT2D eigenvalue weighted by Crippen LogP contribution is 2.34. The van der Waals surface area contributed by atoms with Crippen LogP contribution in [0.2, 0.25) is 5.28 Å². The van der Waals surface area contributed by atoms with Gasteiger partial charge in [-0.2, -0.15) is 4.98 Å². The first-order valence-corrected chi connectivity index (χ1v) is 8.10. The average molecular weight is 312 g/mol. The van der Waals surface area contributed by atoms with Gasteiger partial charge in [-0.25, -0.2) is 4.98 Å². The van der Waals surface area contributed by atoms with Crippen molar-refractivity contribution < 1.29 is 4.74 Å². The molecular weight excluding hydrogens is 294 g/mol. The Morgan fingerprint density at radius 1 is 1.50 bits per heavy atom. The van der Waals surface area contributed by atoms with Gasteiger partial charge in [0.1, 0.15) is 10.6 Å². The summed E-state index contributed by atoms with van der Waals surface area (Å²) < 4.78 is 5.77. The van der Waals surface area contributed by atoms with Gasteiger partial charge in [-0.05, 0) is 37.9 Å². The van der Waals surface area contributed by atoms with Crippen molar-refractivity contribution in [3.63, 3.8) is 0 Å². The molecule has 0 aliphatic carbocycles. The van der Waals surface area contributed by atoms with E-state index in [0.29, 0.717) is 11.3 Å². The Morgan fingerprint density at radius 3 is 3.05 bits per heavy atom. The zero-order valence-corrected chi connectivity index (χ0v) is 13.5. The molecule has 6 heteroatoms. The molecule has 0 N–H and O–H groups in total. The van der Waals surface area contributed by atoms with Crippen molar-refractivity contribution >= 4 is 39.0 Å². The van der Waals surface area contributed by atoms with E-state index >= 15 is 0 Å². The Hall–Kier alpha value is -0.910. The molecule has 1 fully saturated rings. The molecule has 0 spiro atoms. The van der Waals surface area contributed by atoms with Crippen LogP contribution in [0.1, 0.15) is 25.1 Å². The molecule has 0 bridgehead atoms. The molecule has 108 valence electrons. The van der Waals surface area contributed by atoms with Crippen LogP contribution in [0, 0.1) is 6.92 Å². The second-order valence-electron chi connectivity index (χ2n) is 5.25. The Balaban J connectivity index is 2.11. The number of aryl methyl sites for hydroxylation is 1. The zero-order valence-electron chi connectivity index (χ0n) is 11.9. The molecule has 4 nitrogen and oxygen atoms in total. The van der Waals surface area contributed by atoms with E-state index in [1.807, 2.05) is 0 Å². The maximum absolute atomic E-state index is 6.11. The molecule has 0 aromatic carbocycles. The van der Waals surface area contributed by atoms with Gasteiger partial charge in [-0.1, -0.05) is 6.92 Å². The maximum Gasteiger partial charge on any atom is 0.225 e. The molecule has 0 amide bonds. The molecular formula is C14H18ClN3OS. The van der Waals surface area contributed by atoms with Crippen LogP contribution in [0.25, 0.3) is 10.2 Å². The zero-order chi connectivity index (χ0) is 14.3. The first kappa shape index (κ1) is 14.0. The largest absolute Gasteiger partial charge is 0.375 e. The minimum atomic E-state index is 0.210. The van der Waals surface area contributed by atoms with E-state index in [-0.39, 0.29) is 6.10 Å². The summed E-state index contributed by atoms with van der Waals surface area (Å²) in [5, 5.41) is 1.42. The number of halogens is 1. The average Bonchev–Trinajstić information content (AvgIpc) is 2.77. The van der Waals surface area contributed by atoms with Crippen molar-refractivity contribution in [2.75, 3.05) is 18.1 Å². The lowest BCUT2D eigenvalue weighted by atomic mass is 10.1. The van der Waals surface area contributed by atoms with E-state index in [9.17, 15) is 0 Å². The van der Waals surface area contributed by atoms with Crippen LogP contribution < -0.4 is 4.90 Å². The van der Waals surface area contributed by atoms with Gasteiger partial charge in [0.2, 0.25) is 5.28 Å². The number of anilines is 1. The van der Waals surface area contributed by atoms with Gasteiger partial charge in [0.05, 0.1) is 24.1 Å². The molecule has 20 heavy (non-hydrogen) atoms. The van der Waals surface area contributed by atoms with Crippen LogP contribution in [0.5, 0.6) is 0 Å². The fourth-order valence-electron chi connectivity index (χ4n) is 2.66. The van der Waals surface area contributed by atoms with E-state index in [4.69, 9.17) is 16.3 Å². The number of ether oxygens (including phenoxy) is 1. The molecule has 2 atom stereocenters. The minimum absolute atomic E-state index is 0.210. The summed E-state index contributed by atoms with van der Waals surface area (Å²) in [7, 11) is 0. The number of aromatic nitrogens is 2. The normalized spacial score (nSPS) is 23.5. The number of hydrogen-bond acceptors (Lipinski definition) is 5. The summed E-state index contributed by atoms with van der Waals surface area (Å²) >= 11 is 7.77. The molecule has 2 aromatic heterocycles. The standard InChI is InChI=1S/C14H18ClN3OS/c1-4-10-7-19-8(2)6-18(10)12-11-5-9(3)20-13(11)17-14(15)16-12/h5,8,10H,4,6-7H2,1-3H3. The molecule has 1 aliphatic rings. The third-order valence-corrected chi connectivity index (χ3v) is 4.79. The van der Waals surface area contributed by atoms with Crippen LogP contribution >= 0.6 is 22.9 Å². The summed E-state index contributed by atoms with van der Waals surface area (Å²) in [6.45, 7) is 7.94. The number of fused-ring (bicyclic) bond motifs is 1. The summed E-state index contributed by atoms with van der Waals surface area (Å²) in [4.78, 5) is 13.4. The van der Waals surface area contributed by atoms with E-state index < -0.39 is 0 Å². The first-order valence-electron chi connectivity index (χ1n) is 6.90. The van der Waals surface area contributed by atoms with Crippen LogP contribution in [-0.4, -0.2) is 35.3 Å². The Kier molecular flexibility index (Phi) is 3.84. The van der Waals surface area contributed by atoms with Crippen LogP contribution in [0.15, 0.2) is 6.07 Å². The van der Waals surface area contributed by atoms with E-state index in [1.165, 1.54) is 4.88 Å². The third kappa shape index (κ3) is 2.50. The van der Waals surface area contributed by atoms with Gasteiger partial charge in [0.25, 0.3) is 0 Å². The van der Waals surface area contributed by atoms with Crippen molar-refractivity contribution in [3.8, 4) is 0 Å². The fraction of sp³-hybridized carbons (Fsp3) is 0.571. The maximum atomic E-state index is 6.11. The quantitative estimate of drug-likeness (QED) is 0.793. The van der Waals surface area contributed by atoms with E-state index in [1.54, 1.807) is 11.3 Å². The Bertz CT molecular complexity index is 630. The number of morpholine rings is 1. The van der Waals surface area contributed by atoms with Gasteiger partial charge in [-0.15, -0.1) is 11.3 Å². The molecule has 1 saturated heterocycles. The Labute approximate surface area is 127 Å². The SMILES string of the molecule is CCC1COC(C)CN1c1nc(Cl)nc2sc(C)cc12. The summed E-state index contributed by atoms with van der Waals surface area (Å²) in [6, 6.07) is 2.50. The predicted molar refractivity (Wildman–Crippen MR) is 84.0 cm³/mol. The molecule has 0 radical (unpaired) electrons. The van der Waals surface area contributed by atoms with Gasteiger partial charge in [0, 0.05) is 11.4 Å². The number of thiophene rings is 1. The molecule has 0 saturated carbocycles. The van der Waals surface area contributed by atoms with E-state index in [2.05, 4.69) is 41.7 Å². The smallest absolute Gasteiger partial charge is 0.225 e. The minimum Gasteiger partial charge on any atom is -0.375 e. The molecule has 2 aromatic rings. The van der Waals surface area contributed by atoms with Gasteiger partial charge in [0.15, 0.2) is 0 Å². The Morgan fingerprint density at radius 2 is 2.30 bits per heavy atom. The van der Waals surface area contributed by atoms with Crippen molar-refractivity contribution in [2.24, 2.45) is 0 Å². The highest BCUT2D eigenvalue weighted by atomic mass is 35.5. The fourth-order valence-corrected chi connectivity index (χ4v) is 3.75. The van der Waals surface area contributed by atoms with Crippen LogP contribution in [0.3, 0.4) is 0 Å². The third-order valence-electron chi connectivity index (χ3n) is 3.68.